The lowest BCUT2D eigenvalue weighted by Crippen LogP contribution is -2.21. The number of hydrogen-bond acceptors (Lipinski definition) is 0. The molecule has 0 aromatic heterocycles. The Hall–Kier alpha value is -0.663. The van der Waals surface area contributed by atoms with Crippen molar-refractivity contribution in [3.05, 3.63) is 0 Å². The molecule has 42 valence electrons. The Kier molecular flexibility index (Phi) is 2.38. The summed E-state index contributed by atoms with van der Waals surface area (Å²) in [6.07, 6.45) is 10.3. The van der Waals surface area contributed by atoms with Crippen LogP contribution in [0.5, 0.6) is 0 Å². The summed E-state index contributed by atoms with van der Waals surface area (Å²) in [5.74, 6) is 2.58. The van der Waals surface area contributed by atoms with Crippen LogP contribution in [0, 0.1) is 24.3 Å². The normalized spacial score (nSPS) is 9.50. The van der Waals surface area contributed by atoms with Crippen molar-refractivity contribution < 1.29 is 0 Å². The molecule has 0 aliphatic rings. The molecule has 0 heterocycles. The maximum absolute atomic E-state index is 5.21. The summed E-state index contributed by atoms with van der Waals surface area (Å²) in [7, 11) is -1.39. The van der Waals surface area contributed by atoms with Crippen LogP contribution in [-0.2, 0) is 0 Å². The number of rotatable bonds is 1. The SMILES string of the molecule is C#CC[Si](C)(C)C#C. The highest BCUT2D eigenvalue weighted by Crippen LogP contribution is 2.04. The van der Waals surface area contributed by atoms with Gasteiger partial charge in [0.15, 0.2) is 0 Å². The zero-order chi connectivity index (χ0) is 6.62. The van der Waals surface area contributed by atoms with Crippen molar-refractivity contribution in [2.24, 2.45) is 0 Å². The quantitative estimate of drug-likeness (QED) is 0.365. The van der Waals surface area contributed by atoms with Crippen LogP contribution in [0.25, 0.3) is 0 Å². The topological polar surface area (TPSA) is 0 Å². The Balaban J connectivity index is 3.82. The van der Waals surface area contributed by atoms with Crippen molar-refractivity contribution in [2.45, 2.75) is 19.1 Å². The molecule has 0 nitrogen and oxygen atoms in total. The highest BCUT2D eigenvalue weighted by molar-refractivity contribution is 6.85. The van der Waals surface area contributed by atoms with Crippen LogP contribution in [-0.4, -0.2) is 8.07 Å². The minimum Gasteiger partial charge on any atom is -0.134 e. The second kappa shape index (κ2) is 2.60. The van der Waals surface area contributed by atoms with Gasteiger partial charge in [0.1, 0.15) is 8.07 Å². The van der Waals surface area contributed by atoms with Crippen molar-refractivity contribution in [1.29, 1.82) is 0 Å². The van der Waals surface area contributed by atoms with Gasteiger partial charge in [0.2, 0.25) is 0 Å². The zero-order valence-corrected chi connectivity index (χ0v) is 6.36. The Morgan fingerprint density at radius 1 is 1.38 bits per heavy atom. The van der Waals surface area contributed by atoms with Gasteiger partial charge in [0.25, 0.3) is 0 Å². The Bertz CT molecular complexity index is 143. The molecule has 1 heteroatoms. The minimum atomic E-state index is -1.39. The fraction of sp³-hybridized carbons (Fsp3) is 0.429. The van der Waals surface area contributed by atoms with E-state index in [1.165, 1.54) is 0 Å². The first-order valence-corrected chi connectivity index (χ1v) is 5.74. The van der Waals surface area contributed by atoms with E-state index in [-0.39, 0.29) is 0 Å². The first-order valence-electron chi connectivity index (χ1n) is 2.53. The van der Waals surface area contributed by atoms with Gasteiger partial charge in [-0.25, -0.2) is 0 Å². The zero-order valence-electron chi connectivity index (χ0n) is 5.36. The summed E-state index contributed by atoms with van der Waals surface area (Å²) in [5.41, 5.74) is 2.74. The van der Waals surface area contributed by atoms with Crippen LogP contribution in [0.3, 0.4) is 0 Å². The molecule has 0 N–H and O–H groups in total. The lowest BCUT2D eigenvalue weighted by molar-refractivity contribution is 1.64. The van der Waals surface area contributed by atoms with E-state index in [2.05, 4.69) is 24.6 Å². The Labute approximate surface area is 52.3 Å². The average molecular weight is 122 g/mol. The smallest absolute Gasteiger partial charge is 0.134 e. The largest absolute Gasteiger partial charge is 0.143 e. The summed E-state index contributed by atoms with van der Waals surface area (Å²) in [6, 6.07) is 0.795. The van der Waals surface area contributed by atoms with E-state index in [0.29, 0.717) is 0 Å². The summed E-state index contributed by atoms with van der Waals surface area (Å²) >= 11 is 0. The third-order valence-corrected chi connectivity index (χ3v) is 2.80. The van der Waals surface area contributed by atoms with Gasteiger partial charge in [0, 0.05) is 6.04 Å². The number of terminal acetylenes is 2. The molecule has 0 radical (unpaired) electrons. The standard InChI is InChI=1S/C7H10Si/c1-5-7-8(3,4)6-2/h1-2H,7H2,3-4H3. The van der Waals surface area contributed by atoms with Crippen molar-refractivity contribution in [1.82, 2.24) is 0 Å². The summed E-state index contributed by atoms with van der Waals surface area (Å²) in [5, 5.41) is 0. The monoisotopic (exact) mass is 122 g/mol. The molecule has 0 rings (SSSR count). The molecule has 0 aromatic carbocycles. The molecule has 0 amide bonds. The molecule has 0 saturated heterocycles. The predicted octanol–water partition coefficient (Wildman–Crippen LogP) is 1.50. The fourth-order valence-corrected chi connectivity index (χ4v) is 0.919. The van der Waals surface area contributed by atoms with Gasteiger partial charge < -0.3 is 0 Å². The Morgan fingerprint density at radius 3 is 2.00 bits per heavy atom. The van der Waals surface area contributed by atoms with E-state index in [0.717, 1.165) is 6.04 Å². The van der Waals surface area contributed by atoms with E-state index in [1.54, 1.807) is 0 Å². The first-order chi connectivity index (χ1) is 3.62. The summed E-state index contributed by atoms with van der Waals surface area (Å²) in [4.78, 5) is 0. The van der Waals surface area contributed by atoms with Crippen LogP contribution in [0.1, 0.15) is 0 Å². The van der Waals surface area contributed by atoms with Crippen LogP contribution < -0.4 is 0 Å². The Morgan fingerprint density at radius 2 is 1.88 bits per heavy atom. The van der Waals surface area contributed by atoms with Crippen molar-refractivity contribution in [3.8, 4) is 24.3 Å². The molecule has 8 heavy (non-hydrogen) atoms. The maximum atomic E-state index is 5.21. The maximum Gasteiger partial charge on any atom is 0.143 e. The first kappa shape index (κ1) is 7.34. The van der Waals surface area contributed by atoms with Crippen LogP contribution in [0.4, 0.5) is 0 Å². The highest BCUT2D eigenvalue weighted by atomic mass is 28.3. The average Bonchev–Trinajstić information content (AvgIpc) is 1.67. The molecular formula is C7H10Si. The van der Waals surface area contributed by atoms with Crippen LogP contribution >= 0.6 is 0 Å². The fourth-order valence-electron chi connectivity index (χ4n) is 0.306. The molecule has 0 atom stereocenters. The van der Waals surface area contributed by atoms with Gasteiger partial charge in [0.05, 0.1) is 0 Å². The molecule has 0 unspecified atom stereocenters. The van der Waals surface area contributed by atoms with Gasteiger partial charge in [-0.15, -0.1) is 24.3 Å². The predicted molar refractivity (Wildman–Crippen MR) is 40.0 cm³/mol. The number of hydrogen-bond donors (Lipinski definition) is 0. The van der Waals surface area contributed by atoms with E-state index >= 15 is 0 Å². The molecule has 0 aliphatic carbocycles. The molecular weight excluding hydrogens is 112 g/mol. The summed E-state index contributed by atoms with van der Waals surface area (Å²) < 4.78 is 0. The lowest BCUT2D eigenvalue weighted by atomic mass is 10.8. The van der Waals surface area contributed by atoms with E-state index in [4.69, 9.17) is 12.8 Å². The van der Waals surface area contributed by atoms with Crippen LogP contribution in [0.2, 0.25) is 19.1 Å². The second-order valence-corrected chi connectivity index (χ2v) is 6.82. The van der Waals surface area contributed by atoms with Crippen molar-refractivity contribution >= 4 is 8.07 Å². The minimum absolute atomic E-state index is 0.795. The molecule has 0 fully saturated rings. The second-order valence-electron chi connectivity index (χ2n) is 2.41. The van der Waals surface area contributed by atoms with E-state index in [9.17, 15) is 0 Å². The van der Waals surface area contributed by atoms with Crippen LogP contribution in [0.15, 0.2) is 0 Å². The van der Waals surface area contributed by atoms with E-state index in [1.807, 2.05) is 0 Å². The van der Waals surface area contributed by atoms with Crippen molar-refractivity contribution in [3.63, 3.8) is 0 Å². The molecule has 0 aliphatic heterocycles. The summed E-state index contributed by atoms with van der Waals surface area (Å²) in [6.45, 7) is 4.18. The van der Waals surface area contributed by atoms with Gasteiger partial charge in [-0.05, 0) is 0 Å². The third-order valence-electron chi connectivity index (χ3n) is 0.935. The van der Waals surface area contributed by atoms with Gasteiger partial charge in [-0.3, -0.25) is 0 Å². The van der Waals surface area contributed by atoms with Crippen molar-refractivity contribution in [2.75, 3.05) is 0 Å². The van der Waals surface area contributed by atoms with Gasteiger partial charge >= 0.3 is 0 Å². The highest BCUT2D eigenvalue weighted by Gasteiger charge is 2.14. The van der Waals surface area contributed by atoms with Gasteiger partial charge in [-0.1, -0.05) is 13.1 Å². The molecule has 0 spiro atoms. The molecule has 0 saturated carbocycles. The molecule has 0 aromatic rings. The van der Waals surface area contributed by atoms with E-state index < -0.39 is 8.07 Å². The third kappa shape index (κ3) is 2.50. The molecule has 0 bridgehead atoms. The van der Waals surface area contributed by atoms with Gasteiger partial charge in [-0.2, -0.15) is 0 Å². The lowest BCUT2D eigenvalue weighted by Gasteiger charge is -2.07.